The number of carboxylic acid groups (broad SMARTS) is 1. The van der Waals surface area contributed by atoms with Crippen molar-refractivity contribution < 1.29 is 14.7 Å². The summed E-state index contributed by atoms with van der Waals surface area (Å²) in [6, 6.07) is 3.77. The van der Waals surface area contributed by atoms with Crippen molar-refractivity contribution in [1.29, 1.82) is 0 Å². The number of thioether (sulfide) groups is 1. The Hall–Kier alpha value is -1.49. The van der Waals surface area contributed by atoms with Crippen LogP contribution in [-0.4, -0.2) is 46.5 Å². The van der Waals surface area contributed by atoms with Crippen LogP contribution >= 0.6 is 11.8 Å². The molecule has 1 unspecified atom stereocenters. The normalized spacial score (nSPS) is 18.1. The molecule has 4 nitrogen and oxygen atoms in total. The van der Waals surface area contributed by atoms with Crippen molar-refractivity contribution in [2.75, 3.05) is 18.6 Å². The average molecular weight is 293 g/mol. The highest BCUT2D eigenvalue weighted by Gasteiger charge is 2.29. The minimum atomic E-state index is -1.04. The highest BCUT2D eigenvalue weighted by atomic mass is 32.2. The number of aryl methyl sites for hydroxylation is 2. The molecular formula is C15H19NO3S. The highest BCUT2D eigenvalue weighted by Crippen LogP contribution is 2.25. The van der Waals surface area contributed by atoms with Crippen molar-refractivity contribution in [2.24, 2.45) is 0 Å². The molecule has 1 fully saturated rings. The topological polar surface area (TPSA) is 57.6 Å². The number of aromatic carboxylic acids is 1. The fourth-order valence-electron chi connectivity index (χ4n) is 2.53. The van der Waals surface area contributed by atoms with Gasteiger partial charge < -0.3 is 10.0 Å². The Balaban J connectivity index is 2.43. The van der Waals surface area contributed by atoms with Crippen LogP contribution in [0.1, 0.15) is 38.3 Å². The molecule has 1 amide bonds. The molecule has 20 heavy (non-hydrogen) atoms. The molecule has 108 valence electrons. The third-order valence-electron chi connectivity index (χ3n) is 3.82. The molecule has 1 aromatic carbocycles. The molecule has 1 heterocycles. The maximum Gasteiger partial charge on any atom is 0.336 e. The Morgan fingerprint density at radius 2 is 1.85 bits per heavy atom. The van der Waals surface area contributed by atoms with E-state index in [-0.39, 0.29) is 17.5 Å². The molecular weight excluding hydrogens is 274 g/mol. The van der Waals surface area contributed by atoms with Gasteiger partial charge in [-0.2, -0.15) is 11.8 Å². The number of benzene rings is 1. The zero-order chi connectivity index (χ0) is 14.9. The van der Waals surface area contributed by atoms with E-state index in [0.29, 0.717) is 11.1 Å². The number of carbonyl (C=O) groups is 2. The SMILES string of the molecule is Cc1ccc(C)c(C(=O)N(C)C2CCSC2)c1C(=O)O. The van der Waals surface area contributed by atoms with Crippen LogP contribution in [0.15, 0.2) is 12.1 Å². The van der Waals surface area contributed by atoms with E-state index in [2.05, 4.69) is 0 Å². The van der Waals surface area contributed by atoms with E-state index in [9.17, 15) is 14.7 Å². The molecule has 0 saturated carbocycles. The van der Waals surface area contributed by atoms with Gasteiger partial charge >= 0.3 is 5.97 Å². The fourth-order valence-corrected chi connectivity index (χ4v) is 3.80. The molecule has 0 radical (unpaired) electrons. The number of amides is 1. The maximum atomic E-state index is 12.7. The molecule has 2 rings (SSSR count). The van der Waals surface area contributed by atoms with Crippen LogP contribution in [0.3, 0.4) is 0 Å². The second-order valence-corrected chi connectivity index (χ2v) is 6.34. The van der Waals surface area contributed by atoms with E-state index in [0.717, 1.165) is 23.5 Å². The number of rotatable bonds is 3. The zero-order valence-corrected chi connectivity index (χ0v) is 12.8. The van der Waals surface area contributed by atoms with E-state index in [1.165, 1.54) is 0 Å². The first-order valence-electron chi connectivity index (χ1n) is 6.62. The lowest BCUT2D eigenvalue weighted by molar-refractivity contribution is 0.0671. The van der Waals surface area contributed by atoms with Crippen molar-refractivity contribution in [3.8, 4) is 0 Å². The van der Waals surface area contributed by atoms with Crippen LogP contribution < -0.4 is 0 Å². The first-order valence-corrected chi connectivity index (χ1v) is 7.77. The number of carboxylic acids is 1. The Morgan fingerprint density at radius 3 is 2.35 bits per heavy atom. The molecule has 5 heteroatoms. The summed E-state index contributed by atoms with van der Waals surface area (Å²) in [5, 5.41) is 9.39. The summed E-state index contributed by atoms with van der Waals surface area (Å²) in [5.74, 6) is 0.760. The van der Waals surface area contributed by atoms with Crippen LogP contribution in [0, 0.1) is 13.8 Å². The summed E-state index contributed by atoms with van der Waals surface area (Å²) in [7, 11) is 1.77. The van der Waals surface area contributed by atoms with Gasteiger partial charge in [-0.3, -0.25) is 4.79 Å². The van der Waals surface area contributed by atoms with Gasteiger partial charge in [0.15, 0.2) is 0 Å². The molecule has 0 bridgehead atoms. The van der Waals surface area contributed by atoms with Gasteiger partial charge in [0.05, 0.1) is 11.1 Å². The van der Waals surface area contributed by atoms with Crippen LogP contribution in [0.5, 0.6) is 0 Å². The molecule has 0 aromatic heterocycles. The second kappa shape index (κ2) is 5.87. The summed E-state index contributed by atoms with van der Waals surface area (Å²) in [4.78, 5) is 25.9. The van der Waals surface area contributed by atoms with Gasteiger partial charge in [0.1, 0.15) is 0 Å². The van der Waals surface area contributed by atoms with Gasteiger partial charge in [0.2, 0.25) is 0 Å². The predicted molar refractivity (Wildman–Crippen MR) is 80.7 cm³/mol. The van der Waals surface area contributed by atoms with Crippen molar-refractivity contribution in [1.82, 2.24) is 4.90 Å². The Morgan fingerprint density at radius 1 is 1.25 bits per heavy atom. The van der Waals surface area contributed by atoms with Crippen LogP contribution in [0.2, 0.25) is 0 Å². The Kier molecular flexibility index (Phi) is 4.38. The van der Waals surface area contributed by atoms with Crippen LogP contribution in [-0.2, 0) is 0 Å². The number of hydrogen-bond donors (Lipinski definition) is 1. The van der Waals surface area contributed by atoms with E-state index < -0.39 is 5.97 Å². The lowest BCUT2D eigenvalue weighted by Gasteiger charge is -2.25. The van der Waals surface area contributed by atoms with E-state index in [1.54, 1.807) is 31.9 Å². The van der Waals surface area contributed by atoms with Crippen molar-refractivity contribution in [3.05, 3.63) is 34.4 Å². The molecule has 1 saturated heterocycles. The molecule has 1 aliphatic heterocycles. The maximum absolute atomic E-state index is 12.7. The van der Waals surface area contributed by atoms with E-state index >= 15 is 0 Å². The Bertz CT molecular complexity index is 550. The smallest absolute Gasteiger partial charge is 0.336 e. The van der Waals surface area contributed by atoms with Gasteiger partial charge in [-0.15, -0.1) is 0 Å². The Labute approximate surface area is 123 Å². The predicted octanol–water partition coefficient (Wildman–Crippen LogP) is 2.58. The summed E-state index contributed by atoms with van der Waals surface area (Å²) in [5.41, 5.74) is 1.81. The van der Waals surface area contributed by atoms with E-state index in [1.807, 2.05) is 17.8 Å². The molecule has 1 N–H and O–H groups in total. The van der Waals surface area contributed by atoms with Gasteiger partial charge in [0, 0.05) is 18.8 Å². The third kappa shape index (κ3) is 2.68. The van der Waals surface area contributed by atoms with Gasteiger partial charge in [0.25, 0.3) is 5.91 Å². The molecule has 0 aliphatic carbocycles. The van der Waals surface area contributed by atoms with Crippen molar-refractivity contribution in [2.45, 2.75) is 26.3 Å². The standard InChI is InChI=1S/C15H19NO3S/c1-9-4-5-10(2)13(15(18)19)12(9)14(17)16(3)11-6-7-20-8-11/h4-5,11H,6-8H2,1-3H3,(H,18,19). The third-order valence-corrected chi connectivity index (χ3v) is 4.97. The lowest BCUT2D eigenvalue weighted by atomic mass is 9.96. The number of hydrogen-bond acceptors (Lipinski definition) is 3. The summed E-state index contributed by atoms with van der Waals surface area (Å²) < 4.78 is 0. The van der Waals surface area contributed by atoms with Crippen molar-refractivity contribution in [3.63, 3.8) is 0 Å². The largest absolute Gasteiger partial charge is 0.478 e. The average Bonchev–Trinajstić information content (AvgIpc) is 2.93. The first-order chi connectivity index (χ1) is 9.43. The summed E-state index contributed by atoms with van der Waals surface area (Å²) in [6.45, 7) is 3.52. The minimum Gasteiger partial charge on any atom is -0.478 e. The molecule has 1 atom stereocenters. The molecule has 1 aromatic rings. The van der Waals surface area contributed by atoms with E-state index in [4.69, 9.17) is 0 Å². The minimum absolute atomic E-state index is 0.132. The molecule has 1 aliphatic rings. The molecule has 0 spiro atoms. The van der Waals surface area contributed by atoms with Crippen LogP contribution in [0.25, 0.3) is 0 Å². The summed E-state index contributed by atoms with van der Waals surface area (Å²) >= 11 is 1.83. The monoisotopic (exact) mass is 293 g/mol. The van der Waals surface area contributed by atoms with Crippen LogP contribution in [0.4, 0.5) is 0 Å². The van der Waals surface area contributed by atoms with Gasteiger partial charge in [-0.05, 0) is 37.1 Å². The summed E-state index contributed by atoms with van der Waals surface area (Å²) in [6.07, 6.45) is 0.972. The zero-order valence-electron chi connectivity index (χ0n) is 12.0. The lowest BCUT2D eigenvalue weighted by Crippen LogP contribution is -2.38. The quantitative estimate of drug-likeness (QED) is 0.930. The highest BCUT2D eigenvalue weighted by molar-refractivity contribution is 7.99. The van der Waals surface area contributed by atoms with Crippen molar-refractivity contribution >= 4 is 23.6 Å². The number of carbonyl (C=O) groups excluding carboxylic acids is 1. The van der Waals surface area contributed by atoms with Gasteiger partial charge in [-0.25, -0.2) is 4.79 Å². The van der Waals surface area contributed by atoms with Gasteiger partial charge in [-0.1, -0.05) is 12.1 Å². The number of nitrogens with zero attached hydrogens (tertiary/aromatic N) is 1. The fraction of sp³-hybridized carbons (Fsp3) is 0.467. The second-order valence-electron chi connectivity index (χ2n) is 5.19. The first kappa shape index (κ1) is 14.9.